The van der Waals surface area contributed by atoms with Crippen LogP contribution < -0.4 is 5.73 Å². The fraction of sp³-hybridized carbons (Fsp3) is 0.895. The largest absolute Gasteiger partial charge is 0.466 e. The van der Waals surface area contributed by atoms with E-state index in [1.165, 1.54) is 64.2 Å². The topological polar surface area (TPSA) is 78.6 Å². The van der Waals surface area contributed by atoms with Crippen molar-refractivity contribution in [1.29, 1.82) is 0 Å². The van der Waals surface area contributed by atoms with Gasteiger partial charge < -0.3 is 15.2 Å². The van der Waals surface area contributed by atoms with Crippen molar-refractivity contribution in [3.63, 3.8) is 0 Å². The van der Waals surface area contributed by atoms with E-state index >= 15 is 0 Å². The highest BCUT2D eigenvalue weighted by atomic mass is 16.5. The molecule has 3 fully saturated rings. The maximum Gasteiger partial charge on any atom is 0.306 e. The molecule has 8 atom stereocenters. The van der Waals surface area contributed by atoms with E-state index in [0.29, 0.717) is 23.5 Å². The summed E-state index contributed by atoms with van der Waals surface area (Å²) in [5.74, 6) is 4.95. The highest BCUT2D eigenvalue weighted by molar-refractivity contribution is 5.84. The Morgan fingerprint density at radius 3 is 2.42 bits per heavy atom. The summed E-state index contributed by atoms with van der Waals surface area (Å²) < 4.78 is 11.7. The van der Waals surface area contributed by atoms with E-state index in [9.17, 15) is 9.59 Å². The third-order valence-corrected chi connectivity index (χ3v) is 12.8. The summed E-state index contributed by atoms with van der Waals surface area (Å²) in [7, 11) is 0. The number of rotatable bonds is 17. The van der Waals surface area contributed by atoms with Crippen molar-refractivity contribution < 1.29 is 19.1 Å². The molecule has 4 aliphatic carbocycles. The quantitative estimate of drug-likeness (QED) is 0.103. The van der Waals surface area contributed by atoms with Crippen molar-refractivity contribution in [3.05, 3.63) is 11.6 Å². The lowest BCUT2D eigenvalue weighted by molar-refractivity contribution is -0.144. The molecule has 4 aliphatic rings. The van der Waals surface area contributed by atoms with Crippen molar-refractivity contribution in [2.45, 2.75) is 150 Å². The first-order chi connectivity index (χ1) is 20.6. The maximum absolute atomic E-state index is 11.7. The van der Waals surface area contributed by atoms with Gasteiger partial charge in [-0.2, -0.15) is 0 Å². The molecule has 43 heavy (non-hydrogen) atoms. The van der Waals surface area contributed by atoms with Crippen LogP contribution in [0.15, 0.2) is 11.6 Å². The number of nitrogens with two attached hydrogens (primary N) is 1. The fourth-order valence-corrected chi connectivity index (χ4v) is 10.2. The minimum Gasteiger partial charge on any atom is -0.466 e. The molecule has 246 valence electrons. The monoisotopic (exact) mass is 599 g/mol. The van der Waals surface area contributed by atoms with Gasteiger partial charge in [-0.05, 0) is 117 Å². The molecular weight excluding hydrogens is 534 g/mol. The molecule has 0 amide bonds. The van der Waals surface area contributed by atoms with Gasteiger partial charge in [-0.1, -0.05) is 72.0 Å². The molecule has 0 spiro atoms. The Morgan fingerprint density at radius 1 is 0.907 bits per heavy atom. The number of ketones is 1. The molecule has 0 heterocycles. The zero-order valence-corrected chi connectivity index (χ0v) is 28.5. The maximum atomic E-state index is 11.7. The van der Waals surface area contributed by atoms with Crippen molar-refractivity contribution in [3.8, 4) is 0 Å². The number of Topliss-reactive ketones (excluding diaryl/α,β-unsaturated/α-hetero) is 1. The lowest BCUT2D eigenvalue weighted by atomic mass is 9.47. The van der Waals surface area contributed by atoms with E-state index in [1.807, 2.05) is 0 Å². The van der Waals surface area contributed by atoms with Crippen molar-refractivity contribution in [1.82, 2.24) is 0 Å². The van der Waals surface area contributed by atoms with E-state index in [-0.39, 0.29) is 31.1 Å². The highest BCUT2D eigenvalue weighted by Crippen LogP contribution is 2.67. The Hall–Kier alpha value is -1.20. The Labute approximate surface area is 263 Å². The summed E-state index contributed by atoms with van der Waals surface area (Å²) in [6.07, 6.45) is 22.5. The molecule has 0 saturated heterocycles. The summed E-state index contributed by atoms with van der Waals surface area (Å²) in [4.78, 5) is 22.9. The van der Waals surface area contributed by atoms with Crippen molar-refractivity contribution in [2.24, 2.45) is 52.1 Å². The lowest BCUT2D eigenvalue weighted by Gasteiger charge is -2.58. The van der Waals surface area contributed by atoms with Gasteiger partial charge in [-0.25, -0.2) is 0 Å². The minimum absolute atomic E-state index is 0.00715. The molecular formula is C38H65NO4. The van der Waals surface area contributed by atoms with Gasteiger partial charge in [0.05, 0.1) is 25.7 Å². The van der Waals surface area contributed by atoms with Crippen LogP contribution >= 0.6 is 0 Å². The average Bonchev–Trinajstić information content (AvgIpc) is 3.34. The Morgan fingerprint density at radius 2 is 1.67 bits per heavy atom. The van der Waals surface area contributed by atoms with Gasteiger partial charge in [0.15, 0.2) is 0 Å². The van der Waals surface area contributed by atoms with E-state index in [4.69, 9.17) is 15.2 Å². The summed E-state index contributed by atoms with van der Waals surface area (Å²) in [6, 6.07) is 0. The summed E-state index contributed by atoms with van der Waals surface area (Å²) in [6.45, 7) is 13.9. The third-order valence-electron chi connectivity index (χ3n) is 12.8. The second-order valence-electron chi connectivity index (χ2n) is 15.9. The second-order valence-corrected chi connectivity index (χ2v) is 15.9. The van der Waals surface area contributed by atoms with E-state index in [1.54, 1.807) is 5.57 Å². The van der Waals surface area contributed by atoms with Gasteiger partial charge in [0.1, 0.15) is 5.78 Å². The Bertz CT molecular complexity index is 944. The van der Waals surface area contributed by atoms with Crippen LogP contribution in [0.5, 0.6) is 0 Å². The summed E-state index contributed by atoms with van der Waals surface area (Å²) >= 11 is 0. The van der Waals surface area contributed by atoms with Crippen LogP contribution in [-0.4, -0.2) is 37.6 Å². The second kappa shape index (κ2) is 15.9. The zero-order chi connectivity index (χ0) is 31.0. The predicted octanol–water partition coefficient (Wildman–Crippen LogP) is 8.82. The predicted molar refractivity (Wildman–Crippen MR) is 176 cm³/mol. The molecule has 0 radical (unpaired) electrons. The molecule has 0 aliphatic heterocycles. The number of unbranched alkanes of at least 4 members (excludes halogenated alkanes) is 3. The lowest BCUT2D eigenvalue weighted by Crippen LogP contribution is -2.51. The first-order valence-corrected chi connectivity index (χ1v) is 18.3. The average molecular weight is 600 g/mol. The number of allylic oxidation sites excluding steroid dienone is 1. The smallest absolute Gasteiger partial charge is 0.306 e. The van der Waals surface area contributed by atoms with Gasteiger partial charge in [0.2, 0.25) is 0 Å². The molecule has 2 N–H and O–H groups in total. The summed E-state index contributed by atoms with van der Waals surface area (Å²) in [5, 5.41) is 0. The van der Waals surface area contributed by atoms with Crippen LogP contribution in [0.4, 0.5) is 0 Å². The molecule has 0 aromatic carbocycles. The number of hydrogen-bond acceptors (Lipinski definition) is 5. The van der Waals surface area contributed by atoms with Gasteiger partial charge in [0, 0.05) is 13.0 Å². The molecule has 5 nitrogen and oxygen atoms in total. The van der Waals surface area contributed by atoms with E-state index < -0.39 is 0 Å². The van der Waals surface area contributed by atoms with Crippen LogP contribution in [0.3, 0.4) is 0 Å². The number of carbonyl (C=O) groups is 2. The Balaban J connectivity index is 1.17. The normalized spacial score (nSPS) is 34.2. The van der Waals surface area contributed by atoms with E-state index in [0.717, 1.165) is 74.2 Å². The number of hydrogen-bond donors (Lipinski definition) is 1. The summed E-state index contributed by atoms with van der Waals surface area (Å²) in [5.41, 5.74) is 7.95. The molecule has 8 unspecified atom stereocenters. The van der Waals surface area contributed by atoms with Crippen molar-refractivity contribution >= 4 is 11.8 Å². The van der Waals surface area contributed by atoms with Crippen LogP contribution in [0.25, 0.3) is 0 Å². The van der Waals surface area contributed by atoms with Crippen LogP contribution in [0.2, 0.25) is 0 Å². The zero-order valence-electron chi connectivity index (χ0n) is 28.5. The van der Waals surface area contributed by atoms with Crippen LogP contribution in [0.1, 0.15) is 144 Å². The molecule has 0 aromatic heterocycles. The molecule has 5 heteroatoms. The third kappa shape index (κ3) is 8.54. The molecule has 0 bridgehead atoms. The number of carbonyl (C=O) groups excluding carboxylic acids is 2. The highest BCUT2D eigenvalue weighted by Gasteiger charge is 2.59. The molecule has 3 saturated carbocycles. The SMILES string of the molecule is CC(C)CCCC(C)C1CCC2C3CC=C4CC(OCCCCCCOC(=O)CCC(=O)CN)CCC4(C)C3CCC12C. The number of ether oxygens (including phenoxy) is 2. The minimum atomic E-state index is -0.297. The molecule has 0 aromatic rings. The number of esters is 1. The first kappa shape index (κ1) is 34.7. The standard InChI is InChI=1S/C38H65NO4/c1-27(2)11-10-12-28(3)33-16-17-34-32-15-13-29-25-31(19-21-37(29,4)35(32)20-22-38(33,34)5)42-23-8-6-7-9-24-43-36(41)18-14-30(40)26-39/h13,27-28,31-35H,6-12,14-26,39H2,1-5H3. The van der Waals surface area contributed by atoms with Gasteiger partial charge in [-0.3, -0.25) is 9.59 Å². The number of fused-ring (bicyclic) bond motifs is 5. The van der Waals surface area contributed by atoms with Crippen molar-refractivity contribution in [2.75, 3.05) is 19.8 Å². The van der Waals surface area contributed by atoms with Crippen LogP contribution in [-0.2, 0) is 19.1 Å². The first-order valence-electron chi connectivity index (χ1n) is 18.3. The van der Waals surface area contributed by atoms with Gasteiger partial charge >= 0.3 is 5.97 Å². The molecule has 4 rings (SSSR count). The van der Waals surface area contributed by atoms with Gasteiger partial charge in [-0.15, -0.1) is 0 Å². The van der Waals surface area contributed by atoms with Crippen LogP contribution in [0, 0.1) is 46.3 Å². The van der Waals surface area contributed by atoms with Gasteiger partial charge in [0.25, 0.3) is 0 Å². The van der Waals surface area contributed by atoms with E-state index in [2.05, 4.69) is 40.7 Å². The Kier molecular flexibility index (Phi) is 12.8. The fourth-order valence-electron chi connectivity index (χ4n) is 10.2.